The molecule has 0 heterocycles. The first kappa shape index (κ1) is 17.6. The number of aliphatic hydroxyl groups is 1. The SMILES string of the molecule is COc1ccc(OC)c(S(=O)(=O)N(CCO)CC(F)F)c1. The maximum atomic E-state index is 12.5. The molecule has 6 nitrogen and oxygen atoms in total. The summed E-state index contributed by atoms with van der Waals surface area (Å²) in [6.45, 7) is -2.02. The van der Waals surface area contributed by atoms with E-state index >= 15 is 0 Å². The number of methoxy groups -OCH3 is 2. The zero-order valence-corrected chi connectivity index (χ0v) is 12.4. The molecular formula is C12H17F2NO5S. The van der Waals surface area contributed by atoms with E-state index in [1.54, 1.807) is 0 Å². The van der Waals surface area contributed by atoms with Gasteiger partial charge in [-0.25, -0.2) is 17.2 Å². The molecule has 120 valence electrons. The van der Waals surface area contributed by atoms with E-state index in [-0.39, 0.29) is 16.4 Å². The molecule has 0 atom stereocenters. The van der Waals surface area contributed by atoms with E-state index in [1.807, 2.05) is 0 Å². The van der Waals surface area contributed by atoms with Gasteiger partial charge in [0.15, 0.2) is 0 Å². The predicted molar refractivity (Wildman–Crippen MR) is 71.4 cm³/mol. The number of benzene rings is 1. The number of halogens is 2. The van der Waals surface area contributed by atoms with Crippen molar-refractivity contribution in [2.24, 2.45) is 0 Å². The molecule has 0 aliphatic heterocycles. The first-order chi connectivity index (χ1) is 9.86. The molecule has 0 amide bonds. The van der Waals surface area contributed by atoms with E-state index in [9.17, 15) is 17.2 Å². The molecule has 1 aromatic rings. The van der Waals surface area contributed by atoms with Gasteiger partial charge in [-0.15, -0.1) is 0 Å². The van der Waals surface area contributed by atoms with Crippen LogP contribution in [-0.2, 0) is 10.0 Å². The Morgan fingerprint density at radius 2 is 1.95 bits per heavy atom. The molecular weight excluding hydrogens is 308 g/mol. The van der Waals surface area contributed by atoms with Gasteiger partial charge in [-0.05, 0) is 12.1 Å². The third-order valence-corrected chi connectivity index (χ3v) is 4.57. The van der Waals surface area contributed by atoms with Gasteiger partial charge in [-0.3, -0.25) is 0 Å². The summed E-state index contributed by atoms with van der Waals surface area (Å²) in [6, 6.07) is 4.04. The fourth-order valence-electron chi connectivity index (χ4n) is 1.70. The van der Waals surface area contributed by atoms with Crippen LogP contribution >= 0.6 is 0 Å². The Bertz CT molecular complexity index is 565. The molecule has 0 fully saturated rings. The Hall–Kier alpha value is -1.45. The van der Waals surface area contributed by atoms with Crippen LogP contribution in [0, 0.1) is 0 Å². The molecule has 0 aliphatic carbocycles. The van der Waals surface area contributed by atoms with E-state index in [2.05, 4.69) is 0 Å². The molecule has 0 spiro atoms. The van der Waals surface area contributed by atoms with Crippen molar-refractivity contribution in [3.05, 3.63) is 18.2 Å². The van der Waals surface area contributed by atoms with Gasteiger partial charge >= 0.3 is 0 Å². The molecule has 1 aromatic carbocycles. The normalized spacial score (nSPS) is 12.0. The number of hydrogen-bond donors (Lipinski definition) is 1. The van der Waals surface area contributed by atoms with Gasteiger partial charge < -0.3 is 14.6 Å². The van der Waals surface area contributed by atoms with Gasteiger partial charge in [0, 0.05) is 12.6 Å². The molecule has 0 aromatic heterocycles. The highest BCUT2D eigenvalue weighted by molar-refractivity contribution is 7.89. The highest BCUT2D eigenvalue weighted by atomic mass is 32.2. The minimum atomic E-state index is -4.25. The van der Waals surface area contributed by atoms with E-state index in [0.717, 1.165) is 0 Å². The lowest BCUT2D eigenvalue weighted by atomic mass is 10.3. The summed E-state index contributed by atoms with van der Waals surface area (Å²) in [7, 11) is -1.63. The van der Waals surface area contributed by atoms with Gasteiger partial charge in [-0.2, -0.15) is 4.31 Å². The highest BCUT2D eigenvalue weighted by Crippen LogP contribution is 2.30. The Morgan fingerprint density at radius 3 is 2.43 bits per heavy atom. The second-order valence-electron chi connectivity index (χ2n) is 3.99. The van der Waals surface area contributed by atoms with E-state index in [1.165, 1.54) is 32.4 Å². The molecule has 0 saturated carbocycles. The molecule has 21 heavy (non-hydrogen) atoms. The Labute approximate surface area is 121 Å². The molecule has 0 saturated heterocycles. The quantitative estimate of drug-likeness (QED) is 0.770. The van der Waals surface area contributed by atoms with Gasteiger partial charge in [0.1, 0.15) is 16.4 Å². The molecule has 0 bridgehead atoms. The van der Waals surface area contributed by atoms with Crippen molar-refractivity contribution in [1.82, 2.24) is 4.31 Å². The first-order valence-corrected chi connectivity index (χ1v) is 7.42. The average Bonchev–Trinajstić information content (AvgIpc) is 2.45. The van der Waals surface area contributed by atoms with Gasteiger partial charge in [-0.1, -0.05) is 0 Å². The lowest BCUT2D eigenvalue weighted by molar-refractivity contribution is 0.113. The van der Waals surface area contributed by atoms with Crippen molar-refractivity contribution in [3.63, 3.8) is 0 Å². The summed E-state index contributed by atoms with van der Waals surface area (Å²) < 4.78 is 60.4. The first-order valence-electron chi connectivity index (χ1n) is 5.98. The minimum Gasteiger partial charge on any atom is -0.497 e. The second-order valence-corrected chi connectivity index (χ2v) is 5.90. The van der Waals surface area contributed by atoms with Crippen LogP contribution in [0.15, 0.2) is 23.1 Å². The number of alkyl halides is 2. The molecule has 9 heteroatoms. The Balaban J connectivity index is 3.31. The predicted octanol–water partition coefficient (Wildman–Crippen LogP) is 0.952. The summed E-state index contributed by atoms with van der Waals surface area (Å²) in [5.41, 5.74) is 0. The van der Waals surface area contributed by atoms with Crippen molar-refractivity contribution >= 4 is 10.0 Å². The van der Waals surface area contributed by atoms with E-state index in [4.69, 9.17) is 14.6 Å². The lowest BCUT2D eigenvalue weighted by Crippen LogP contribution is -2.37. The van der Waals surface area contributed by atoms with Gasteiger partial charge in [0.25, 0.3) is 6.43 Å². The zero-order chi connectivity index (χ0) is 16.0. The van der Waals surface area contributed by atoms with E-state index in [0.29, 0.717) is 4.31 Å². The zero-order valence-electron chi connectivity index (χ0n) is 11.6. The van der Waals surface area contributed by atoms with Crippen LogP contribution in [0.3, 0.4) is 0 Å². The topological polar surface area (TPSA) is 76.1 Å². The summed E-state index contributed by atoms with van der Waals surface area (Å²) in [5.74, 6) is 0.253. The minimum absolute atomic E-state index is 0.00741. The fourth-order valence-corrected chi connectivity index (χ4v) is 3.28. The standard InChI is InChI=1S/C12H17F2NO5S/c1-19-9-3-4-10(20-2)11(7-9)21(17,18)15(5-6-16)8-12(13)14/h3-4,7,12,16H,5-6,8H2,1-2H3. The summed E-state index contributed by atoms with van der Waals surface area (Å²) in [5, 5.41) is 8.88. The third-order valence-electron chi connectivity index (χ3n) is 2.68. The van der Waals surface area contributed by atoms with Crippen LogP contribution in [0.5, 0.6) is 11.5 Å². The van der Waals surface area contributed by atoms with Gasteiger partial charge in [0.2, 0.25) is 10.0 Å². The Kier molecular flexibility index (Phi) is 6.31. The Morgan fingerprint density at radius 1 is 1.29 bits per heavy atom. The number of sulfonamides is 1. The average molecular weight is 325 g/mol. The van der Waals surface area contributed by atoms with Crippen LogP contribution in [0.25, 0.3) is 0 Å². The van der Waals surface area contributed by atoms with Crippen molar-refractivity contribution in [1.29, 1.82) is 0 Å². The van der Waals surface area contributed by atoms with E-state index < -0.39 is 36.1 Å². The molecule has 0 radical (unpaired) electrons. The molecule has 0 aliphatic rings. The molecule has 1 N–H and O–H groups in total. The van der Waals surface area contributed by atoms with Gasteiger partial charge in [0.05, 0.1) is 27.4 Å². The van der Waals surface area contributed by atoms with Crippen LogP contribution in [0.2, 0.25) is 0 Å². The highest BCUT2D eigenvalue weighted by Gasteiger charge is 2.30. The summed E-state index contributed by atoms with van der Waals surface area (Å²) in [4.78, 5) is -0.293. The lowest BCUT2D eigenvalue weighted by Gasteiger charge is -2.22. The van der Waals surface area contributed by atoms with Crippen molar-refractivity contribution in [2.75, 3.05) is 33.9 Å². The summed E-state index contributed by atoms with van der Waals surface area (Å²) in [6.07, 6.45) is -2.86. The monoisotopic (exact) mass is 325 g/mol. The van der Waals surface area contributed by atoms with Crippen molar-refractivity contribution < 1.29 is 31.8 Å². The van der Waals surface area contributed by atoms with Crippen LogP contribution in [0.1, 0.15) is 0 Å². The van der Waals surface area contributed by atoms with Crippen molar-refractivity contribution in [3.8, 4) is 11.5 Å². The maximum Gasteiger partial charge on any atom is 0.252 e. The number of hydrogen-bond acceptors (Lipinski definition) is 5. The number of nitrogens with zero attached hydrogens (tertiary/aromatic N) is 1. The number of aliphatic hydroxyl groups excluding tert-OH is 1. The molecule has 1 rings (SSSR count). The second kappa shape index (κ2) is 7.53. The number of ether oxygens (including phenoxy) is 2. The smallest absolute Gasteiger partial charge is 0.252 e. The third kappa shape index (κ3) is 4.26. The number of rotatable bonds is 8. The van der Waals surface area contributed by atoms with Crippen LogP contribution in [-0.4, -0.2) is 58.2 Å². The fraction of sp³-hybridized carbons (Fsp3) is 0.500. The molecule has 0 unspecified atom stereocenters. The van der Waals surface area contributed by atoms with Crippen LogP contribution in [0.4, 0.5) is 8.78 Å². The van der Waals surface area contributed by atoms with Crippen LogP contribution < -0.4 is 9.47 Å². The van der Waals surface area contributed by atoms with Crippen molar-refractivity contribution in [2.45, 2.75) is 11.3 Å². The maximum absolute atomic E-state index is 12.5. The largest absolute Gasteiger partial charge is 0.497 e. The summed E-state index contributed by atoms with van der Waals surface area (Å²) >= 11 is 0.